The molecule has 0 aliphatic rings. The molecule has 2 heterocycles. The molecule has 2 aromatic carbocycles. The van der Waals surface area contributed by atoms with Gasteiger partial charge in [-0.05, 0) is 36.1 Å². The van der Waals surface area contributed by atoms with Gasteiger partial charge in [-0.15, -0.1) is 0 Å². The van der Waals surface area contributed by atoms with E-state index in [9.17, 15) is 19.8 Å². The Morgan fingerprint density at radius 1 is 0.595 bits per heavy atom. The van der Waals surface area contributed by atoms with Crippen LogP contribution in [0.1, 0.15) is 22.3 Å². The van der Waals surface area contributed by atoms with Gasteiger partial charge in [0.25, 0.3) is 0 Å². The standard InChI is InChI=1S/C32H34N4O6/c37-29(27(17-23-9-3-1-4-10-23)35-31(39)41-21-25-13-7-15-33-19-25)30(38)28(18-24-11-5-2-6-12-24)36-32(40)42-22-26-14-8-16-34-20-26/h1-16,19-20,27-30,37-38H,17-18,21-22H2,(H,35,39)(H,36,40)/t27-,28-,29-,30-/m0/s1. The highest BCUT2D eigenvalue weighted by Gasteiger charge is 2.35. The van der Waals surface area contributed by atoms with Crippen LogP contribution in [0.4, 0.5) is 9.59 Å². The SMILES string of the molecule is O=C(N[C@@H](Cc1ccccc1)[C@H](O)[C@@H](O)[C@H](Cc1ccccc1)NC(=O)OCc1cccnc1)OCc1cccnc1. The summed E-state index contributed by atoms with van der Waals surface area (Å²) >= 11 is 0. The number of pyridine rings is 2. The summed E-state index contributed by atoms with van der Waals surface area (Å²) in [5.74, 6) is 0. The first-order valence-corrected chi connectivity index (χ1v) is 13.6. The number of nitrogens with one attached hydrogen (secondary N) is 2. The molecule has 0 saturated heterocycles. The molecule has 0 unspecified atom stereocenters. The highest BCUT2D eigenvalue weighted by Crippen LogP contribution is 2.16. The average Bonchev–Trinajstić information content (AvgIpc) is 3.03. The predicted octanol–water partition coefficient (Wildman–Crippen LogP) is 3.57. The number of rotatable bonds is 13. The van der Waals surface area contributed by atoms with Crippen LogP contribution in [0.3, 0.4) is 0 Å². The van der Waals surface area contributed by atoms with Crippen LogP contribution in [0.25, 0.3) is 0 Å². The van der Waals surface area contributed by atoms with E-state index >= 15 is 0 Å². The van der Waals surface area contributed by atoms with Gasteiger partial charge in [-0.1, -0.05) is 72.8 Å². The summed E-state index contributed by atoms with van der Waals surface area (Å²) < 4.78 is 10.7. The fourth-order valence-corrected chi connectivity index (χ4v) is 4.38. The zero-order valence-corrected chi connectivity index (χ0v) is 23.0. The maximum atomic E-state index is 12.8. The third-order valence-corrected chi connectivity index (χ3v) is 6.56. The lowest BCUT2D eigenvalue weighted by atomic mass is 9.91. The van der Waals surface area contributed by atoms with E-state index in [-0.39, 0.29) is 26.1 Å². The van der Waals surface area contributed by atoms with Gasteiger partial charge < -0.3 is 30.3 Å². The zero-order chi connectivity index (χ0) is 29.6. The molecule has 218 valence electrons. The maximum absolute atomic E-state index is 12.8. The van der Waals surface area contributed by atoms with Gasteiger partial charge in [-0.2, -0.15) is 0 Å². The molecule has 4 rings (SSSR count). The van der Waals surface area contributed by atoms with Gasteiger partial charge in [0.2, 0.25) is 0 Å². The lowest BCUT2D eigenvalue weighted by molar-refractivity contribution is -0.0240. The second-order valence-corrected chi connectivity index (χ2v) is 9.74. The summed E-state index contributed by atoms with van der Waals surface area (Å²) in [5.41, 5.74) is 3.05. The number of hydrogen-bond acceptors (Lipinski definition) is 8. The van der Waals surface area contributed by atoms with E-state index in [1.54, 1.807) is 49.1 Å². The van der Waals surface area contributed by atoms with Crippen molar-refractivity contribution in [2.45, 2.75) is 50.3 Å². The molecular weight excluding hydrogens is 536 g/mol. The number of ether oxygens (including phenoxy) is 2. The van der Waals surface area contributed by atoms with E-state index in [0.29, 0.717) is 11.1 Å². The highest BCUT2D eigenvalue weighted by molar-refractivity contribution is 5.68. The van der Waals surface area contributed by atoms with Crippen molar-refractivity contribution in [2.75, 3.05) is 0 Å². The quantitative estimate of drug-likeness (QED) is 0.191. The Kier molecular flexibility index (Phi) is 11.4. The fraction of sp³-hybridized carbons (Fsp3) is 0.250. The molecule has 0 spiro atoms. The summed E-state index contributed by atoms with van der Waals surface area (Å²) in [6.45, 7) is -0.0331. The molecule has 2 aromatic heterocycles. The number of nitrogens with zero attached hydrogens (tertiary/aromatic N) is 2. The Morgan fingerprint density at radius 3 is 1.33 bits per heavy atom. The summed E-state index contributed by atoms with van der Waals surface area (Å²) in [6.07, 6.45) is 2.30. The molecule has 2 amide bonds. The Bertz CT molecular complexity index is 1260. The van der Waals surface area contributed by atoms with Gasteiger partial charge in [0, 0.05) is 35.9 Å². The van der Waals surface area contributed by atoms with Gasteiger partial charge in [0.1, 0.15) is 25.4 Å². The number of amides is 2. The Morgan fingerprint density at radius 2 is 0.976 bits per heavy atom. The van der Waals surface area contributed by atoms with Crippen molar-refractivity contribution in [3.63, 3.8) is 0 Å². The molecule has 0 aliphatic heterocycles. The first-order chi connectivity index (χ1) is 20.5. The topological polar surface area (TPSA) is 143 Å². The average molecular weight is 571 g/mol. The van der Waals surface area contributed by atoms with E-state index in [4.69, 9.17) is 9.47 Å². The number of aliphatic hydroxyl groups excluding tert-OH is 2. The monoisotopic (exact) mass is 570 g/mol. The molecule has 10 nitrogen and oxygen atoms in total. The van der Waals surface area contributed by atoms with Crippen LogP contribution in [0.15, 0.2) is 110 Å². The second kappa shape index (κ2) is 15.8. The smallest absolute Gasteiger partial charge is 0.407 e. The Labute approximate surface area is 244 Å². The minimum atomic E-state index is -1.48. The summed E-state index contributed by atoms with van der Waals surface area (Å²) in [4.78, 5) is 33.5. The lowest BCUT2D eigenvalue weighted by Crippen LogP contribution is -2.57. The first kappa shape index (κ1) is 30.2. The molecule has 4 aromatic rings. The Hall–Kier alpha value is -4.80. The van der Waals surface area contributed by atoms with Crippen LogP contribution in [-0.2, 0) is 35.5 Å². The highest BCUT2D eigenvalue weighted by atomic mass is 16.6. The zero-order valence-electron chi connectivity index (χ0n) is 23.0. The van der Waals surface area contributed by atoms with E-state index in [2.05, 4.69) is 20.6 Å². The summed E-state index contributed by atoms with van der Waals surface area (Å²) in [5, 5.41) is 28.2. The number of benzene rings is 2. The number of hydrogen-bond donors (Lipinski definition) is 4. The van der Waals surface area contributed by atoms with Gasteiger partial charge >= 0.3 is 12.2 Å². The van der Waals surface area contributed by atoms with Gasteiger partial charge in [0.05, 0.1) is 12.1 Å². The minimum absolute atomic E-state index is 0.0165. The second-order valence-electron chi connectivity index (χ2n) is 9.74. The molecule has 0 fully saturated rings. The van der Waals surface area contributed by atoms with Crippen molar-refractivity contribution in [2.24, 2.45) is 0 Å². The predicted molar refractivity (Wildman–Crippen MR) is 155 cm³/mol. The number of carbonyl (C=O) groups excluding carboxylic acids is 2. The van der Waals surface area contributed by atoms with Crippen molar-refractivity contribution < 1.29 is 29.3 Å². The van der Waals surface area contributed by atoms with Crippen molar-refractivity contribution >= 4 is 12.2 Å². The van der Waals surface area contributed by atoms with Crippen LogP contribution >= 0.6 is 0 Å². The third-order valence-electron chi connectivity index (χ3n) is 6.56. The molecule has 10 heteroatoms. The van der Waals surface area contributed by atoms with Gasteiger partial charge in [-0.3, -0.25) is 9.97 Å². The van der Waals surface area contributed by atoms with Crippen LogP contribution in [0.2, 0.25) is 0 Å². The van der Waals surface area contributed by atoms with Crippen molar-refractivity contribution in [1.82, 2.24) is 20.6 Å². The normalized spacial score (nSPS) is 13.7. The van der Waals surface area contributed by atoms with E-state index in [1.165, 1.54) is 0 Å². The largest absolute Gasteiger partial charge is 0.445 e. The van der Waals surface area contributed by atoms with Crippen molar-refractivity contribution in [3.8, 4) is 0 Å². The molecule has 42 heavy (non-hydrogen) atoms. The number of alkyl carbamates (subject to hydrolysis) is 2. The summed E-state index contributed by atoms with van der Waals surface area (Å²) in [7, 11) is 0. The van der Waals surface area contributed by atoms with Crippen molar-refractivity contribution in [3.05, 3.63) is 132 Å². The summed E-state index contributed by atoms with van der Waals surface area (Å²) in [6, 6.07) is 23.6. The fourth-order valence-electron chi connectivity index (χ4n) is 4.38. The van der Waals surface area contributed by atoms with Crippen molar-refractivity contribution in [1.29, 1.82) is 0 Å². The van der Waals surface area contributed by atoms with Gasteiger partial charge in [0.15, 0.2) is 0 Å². The minimum Gasteiger partial charge on any atom is -0.445 e. The Balaban J connectivity index is 1.48. The molecular formula is C32H34N4O6. The van der Waals surface area contributed by atoms with Crippen LogP contribution in [-0.4, -0.2) is 56.7 Å². The van der Waals surface area contributed by atoms with Crippen LogP contribution in [0.5, 0.6) is 0 Å². The molecule has 0 saturated carbocycles. The van der Waals surface area contributed by atoms with Gasteiger partial charge in [-0.25, -0.2) is 9.59 Å². The lowest BCUT2D eigenvalue weighted by Gasteiger charge is -2.32. The molecule has 0 bridgehead atoms. The van der Waals surface area contributed by atoms with Crippen LogP contribution in [0, 0.1) is 0 Å². The molecule has 4 atom stereocenters. The number of aliphatic hydroxyl groups is 2. The van der Waals surface area contributed by atoms with Crippen LogP contribution < -0.4 is 10.6 Å². The number of aromatic nitrogens is 2. The third kappa shape index (κ3) is 9.69. The molecule has 0 radical (unpaired) electrons. The molecule has 0 aliphatic carbocycles. The van der Waals surface area contributed by atoms with E-state index in [1.807, 2.05) is 60.7 Å². The molecule has 4 N–H and O–H groups in total. The van der Waals surface area contributed by atoms with E-state index < -0.39 is 36.5 Å². The number of carbonyl (C=O) groups is 2. The maximum Gasteiger partial charge on any atom is 0.407 e. The first-order valence-electron chi connectivity index (χ1n) is 13.6. The van der Waals surface area contributed by atoms with E-state index in [0.717, 1.165) is 11.1 Å².